The van der Waals surface area contributed by atoms with E-state index in [9.17, 15) is 0 Å². The highest BCUT2D eigenvalue weighted by molar-refractivity contribution is 14.0. The molecule has 0 aliphatic heterocycles. The summed E-state index contributed by atoms with van der Waals surface area (Å²) in [5.74, 6) is 0. The Bertz CT molecular complexity index is 385. The number of hydrogen-bond acceptors (Lipinski definition) is 1. The van der Waals surface area contributed by atoms with Crippen LogP contribution in [0.3, 0.4) is 0 Å². The number of fused-ring (bicyclic) bond motifs is 1. The third kappa shape index (κ3) is 3.25. The van der Waals surface area contributed by atoms with Gasteiger partial charge in [-0.1, -0.05) is 38.1 Å². The summed E-state index contributed by atoms with van der Waals surface area (Å²) in [6.07, 6.45) is 0. The third-order valence-electron chi connectivity index (χ3n) is 1.74. The molecule has 14 heavy (non-hydrogen) atoms. The van der Waals surface area contributed by atoms with Crippen LogP contribution < -0.4 is 0 Å². The molecule has 0 bridgehead atoms. The molecular weight excluding hydrogens is 285 g/mol. The summed E-state index contributed by atoms with van der Waals surface area (Å²) in [7, 11) is 0. The first-order valence-corrected chi connectivity index (χ1v) is 4.69. The first-order valence-electron chi connectivity index (χ1n) is 4.69. The van der Waals surface area contributed by atoms with E-state index >= 15 is 0 Å². The minimum Gasteiger partial charge on any atom is -0.253 e. The van der Waals surface area contributed by atoms with Crippen molar-refractivity contribution >= 4 is 34.9 Å². The molecule has 0 unspecified atom stereocenters. The number of nitrogens with zero attached hydrogens (tertiary/aromatic N) is 1. The van der Waals surface area contributed by atoms with Crippen LogP contribution in [0.2, 0.25) is 0 Å². The molecule has 2 rings (SSSR count). The molecule has 0 spiro atoms. The molecule has 0 fully saturated rings. The van der Waals surface area contributed by atoms with Crippen LogP contribution in [0.4, 0.5) is 0 Å². The summed E-state index contributed by atoms with van der Waals surface area (Å²) in [5, 5.41) is 1.21. The van der Waals surface area contributed by atoms with Gasteiger partial charge in [-0.05, 0) is 19.1 Å². The van der Waals surface area contributed by atoms with Gasteiger partial charge in [0.2, 0.25) is 0 Å². The van der Waals surface area contributed by atoms with Gasteiger partial charge in [0.15, 0.2) is 0 Å². The second kappa shape index (κ2) is 6.76. The van der Waals surface area contributed by atoms with Crippen molar-refractivity contribution in [3.63, 3.8) is 0 Å². The van der Waals surface area contributed by atoms with E-state index in [4.69, 9.17) is 0 Å². The van der Waals surface area contributed by atoms with Gasteiger partial charge in [0.1, 0.15) is 0 Å². The standard InChI is InChI=1S/C10H9N.C2H6.HI/c1-8-6-7-9-4-2-3-5-10(9)11-8;1-2;/h2-7H,1H3;1-2H3;1H. The van der Waals surface area contributed by atoms with Gasteiger partial charge >= 0.3 is 0 Å². The van der Waals surface area contributed by atoms with Gasteiger partial charge in [0, 0.05) is 11.1 Å². The van der Waals surface area contributed by atoms with Crippen molar-refractivity contribution in [3.8, 4) is 0 Å². The first kappa shape index (κ1) is 13.4. The molecule has 2 heteroatoms. The average Bonchev–Trinajstić information content (AvgIpc) is 2.21. The summed E-state index contributed by atoms with van der Waals surface area (Å²) in [6.45, 7) is 6.01. The van der Waals surface area contributed by atoms with E-state index in [1.165, 1.54) is 5.39 Å². The molecule has 0 radical (unpaired) electrons. The Balaban J connectivity index is 0.000000531. The Kier molecular flexibility index (Phi) is 6.45. The van der Waals surface area contributed by atoms with Crippen LogP contribution in [-0.2, 0) is 0 Å². The van der Waals surface area contributed by atoms with E-state index in [1.807, 2.05) is 45.0 Å². The fourth-order valence-corrected chi connectivity index (χ4v) is 1.17. The zero-order chi connectivity index (χ0) is 9.68. The highest BCUT2D eigenvalue weighted by Gasteiger charge is 1.90. The molecule has 0 N–H and O–H groups in total. The zero-order valence-electron chi connectivity index (χ0n) is 8.82. The highest BCUT2D eigenvalue weighted by atomic mass is 127. The quantitative estimate of drug-likeness (QED) is 0.665. The number of pyridine rings is 1. The van der Waals surface area contributed by atoms with Gasteiger partial charge in [-0.3, -0.25) is 4.98 Å². The van der Waals surface area contributed by atoms with Crippen molar-refractivity contribution in [2.75, 3.05) is 0 Å². The molecule has 1 nitrogen and oxygen atoms in total. The van der Waals surface area contributed by atoms with E-state index in [2.05, 4.69) is 17.1 Å². The molecule has 1 heterocycles. The Labute approximate surface area is 103 Å². The van der Waals surface area contributed by atoms with Gasteiger partial charge in [0.05, 0.1) is 5.52 Å². The predicted octanol–water partition coefficient (Wildman–Crippen LogP) is 4.19. The van der Waals surface area contributed by atoms with Crippen LogP contribution >= 0.6 is 24.0 Å². The normalized spacial score (nSPS) is 8.50. The molecule has 2 aromatic rings. The van der Waals surface area contributed by atoms with E-state index < -0.39 is 0 Å². The van der Waals surface area contributed by atoms with Crippen LogP contribution in [0.5, 0.6) is 0 Å². The van der Waals surface area contributed by atoms with Gasteiger partial charge in [0.25, 0.3) is 0 Å². The second-order valence-electron chi connectivity index (χ2n) is 2.65. The van der Waals surface area contributed by atoms with Crippen LogP contribution in [0.1, 0.15) is 19.5 Å². The highest BCUT2D eigenvalue weighted by Crippen LogP contribution is 2.10. The van der Waals surface area contributed by atoms with E-state index in [0.29, 0.717) is 0 Å². The number of para-hydroxylation sites is 1. The lowest BCUT2D eigenvalue weighted by Crippen LogP contribution is -1.80. The first-order chi connectivity index (χ1) is 6.36. The number of benzene rings is 1. The SMILES string of the molecule is CC.Cc1ccc2ccccc2n1.I. The Morgan fingerprint density at radius 1 is 0.929 bits per heavy atom. The van der Waals surface area contributed by atoms with Crippen LogP contribution in [-0.4, -0.2) is 4.98 Å². The van der Waals surface area contributed by atoms with Crippen LogP contribution in [0.15, 0.2) is 36.4 Å². The summed E-state index contributed by atoms with van der Waals surface area (Å²) >= 11 is 0. The number of aryl methyl sites for hydroxylation is 1. The maximum absolute atomic E-state index is 4.38. The number of aromatic nitrogens is 1. The summed E-state index contributed by atoms with van der Waals surface area (Å²) in [5.41, 5.74) is 2.15. The van der Waals surface area contributed by atoms with Crippen molar-refractivity contribution in [2.45, 2.75) is 20.8 Å². The van der Waals surface area contributed by atoms with Crippen LogP contribution in [0, 0.1) is 6.92 Å². The fraction of sp³-hybridized carbons (Fsp3) is 0.250. The van der Waals surface area contributed by atoms with Crippen molar-refractivity contribution in [2.24, 2.45) is 0 Å². The van der Waals surface area contributed by atoms with Gasteiger partial charge < -0.3 is 0 Å². The zero-order valence-corrected chi connectivity index (χ0v) is 11.1. The lowest BCUT2D eigenvalue weighted by molar-refractivity contribution is 1.26. The molecular formula is C12H16IN. The van der Waals surface area contributed by atoms with Crippen molar-refractivity contribution < 1.29 is 0 Å². The van der Waals surface area contributed by atoms with Gasteiger partial charge in [-0.25, -0.2) is 0 Å². The maximum Gasteiger partial charge on any atom is 0.0705 e. The minimum absolute atomic E-state index is 0. The molecule has 0 saturated carbocycles. The summed E-state index contributed by atoms with van der Waals surface area (Å²) < 4.78 is 0. The number of hydrogen-bond donors (Lipinski definition) is 0. The Morgan fingerprint density at radius 3 is 2.29 bits per heavy atom. The summed E-state index contributed by atoms with van der Waals surface area (Å²) in [4.78, 5) is 4.38. The molecule has 0 atom stereocenters. The number of halogens is 1. The largest absolute Gasteiger partial charge is 0.253 e. The second-order valence-corrected chi connectivity index (χ2v) is 2.65. The summed E-state index contributed by atoms with van der Waals surface area (Å²) in [6, 6.07) is 12.3. The topological polar surface area (TPSA) is 12.9 Å². The van der Waals surface area contributed by atoms with Crippen LogP contribution in [0.25, 0.3) is 10.9 Å². The fourth-order valence-electron chi connectivity index (χ4n) is 1.17. The Morgan fingerprint density at radius 2 is 1.57 bits per heavy atom. The molecule has 1 aromatic heterocycles. The number of rotatable bonds is 0. The van der Waals surface area contributed by atoms with E-state index in [1.54, 1.807) is 0 Å². The van der Waals surface area contributed by atoms with E-state index in [0.717, 1.165) is 11.2 Å². The van der Waals surface area contributed by atoms with Crippen molar-refractivity contribution in [3.05, 3.63) is 42.1 Å². The minimum atomic E-state index is 0. The van der Waals surface area contributed by atoms with Crippen molar-refractivity contribution in [1.82, 2.24) is 4.98 Å². The van der Waals surface area contributed by atoms with Gasteiger partial charge in [-0.2, -0.15) is 0 Å². The average molecular weight is 301 g/mol. The third-order valence-corrected chi connectivity index (χ3v) is 1.74. The molecule has 1 aromatic carbocycles. The van der Waals surface area contributed by atoms with Gasteiger partial charge in [-0.15, -0.1) is 24.0 Å². The lowest BCUT2D eigenvalue weighted by Gasteiger charge is -1.95. The molecule has 0 aliphatic rings. The lowest BCUT2D eigenvalue weighted by atomic mass is 10.2. The molecule has 0 aliphatic carbocycles. The smallest absolute Gasteiger partial charge is 0.0705 e. The monoisotopic (exact) mass is 301 g/mol. The molecule has 76 valence electrons. The predicted molar refractivity (Wildman–Crippen MR) is 73.2 cm³/mol. The molecule has 0 saturated heterocycles. The van der Waals surface area contributed by atoms with E-state index in [-0.39, 0.29) is 24.0 Å². The Hall–Kier alpha value is -0.640. The van der Waals surface area contributed by atoms with Crippen molar-refractivity contribution in [1.29, 1.82) is 0 Å². The molecule has 0 amide bonds. The maximum atomic E-state index is 4.38.